The van der Waals surface area contributed by atoms with Crippen LogP contribution in [0.3, 0.4) is 0 Å². The molecule has 2 aromatic rings. The minimum Gasteiger partial charge on any atom is -0.609 e. The van der Waals surface area contributed by atoms with Crippen molar-refractivity contribution in [1.29, 1.82) is 5.26 Å². The first-order valence-electron chi connectivity index (χ1n) is 8.36. The molecule has 7 nitrogen and oxygen atoms in total. The number of carbonyl (C=O) groups is 1. The van der Waals surface area contributed by atoms with E-state index in [4.69, 9.17) is 5.26 Å². The lowest BCUT2D eigenvalue weighted by atomic mass is 9.92. The van der Waals surface area contributed by atoms with Crippen LogP contribution >= 0.6 is 11.5 Å². The van der Waals surface area contributed by atoms with E-state index < -0.39 is 22.1 Å². The van der Waals surface area contributed by atoms with Gasteiger partial charge >= 0.3 is 6.03 Å². The molecule has 2 amide bonds. The summed E-state index contributed by atoms with van der Waals surface area (Å²) >= 11 is -0.775. The monoisotopic (exact) mass is 407 g/mol. The Balaban J connectivity index is 1.59. The number of nitriles is 1. The van der Waals surface area contributed by atoms with Gasteiger partial charge < -0.3 is 9.45 Å². The van der Waals surface area contributed by atoms with E-state index in [1.54, 1.807) is 4.90 Å². The molecule has 0 spiro atoms. The van der Waals surface area contributed by atoms with Gasteiger partial charge in [-0.2, -0.15) is 9.65 Å². The van der Waals surface area contributed by atoms with Gasteiger partial charge in [0.15, 0.2) is 4.90 Å². The molecule has 2 heterocycles. The molecule has 3 rings (SSSR count). The van der Waals surface area contributed by atoms with Crippen LogP contribution in [0.1, 0.15) is 25.3 Å². The molecular formula is C17H18FN5O2S2. The number of hydrogen-bond acceptors (Lipinski definition) is 6. The second-order valence-corrected chi connectivity index (χ2v) is 8.96. The Kier molecular flexibility index (Phi) is 5.94. The van der Waals surface area contributed by atoms with Crippen LogP contribution in [0.2, 0.25) is 0 Å². The zero-order valence-corrected chi connectivity index (χ0v) is 16.2. The molecule has 1 aromatic heterocycles. The molecule has 1 saturated heterocycles. The van der Waals surface area contributed by atoms with E-state index >= 15 is 4.39 Å². The van der Waals surface area contributed by atoms with Gasteiger partial charge in [0.2, 0.25) is 0 Å². The van der Waals surface area contributed by atoms with Gasteiger partial charge in [0.1, 0.15) is 5.00 Å². The second-order valence-electron chi connectivity index (χ2n) is 6.36. The van der Waals surface area contributed by atoms with Crippen molar-refractivity contribution in [1.82, 2.24) is 14.5 Å². The summed E-state index contributed by atoms with van der Waals surface area (Å²) < 4.78 is 31.8. The molecule has 27 heavy (non-hydrogen) atoms. The van der Waals surface area contributed by atoms with Crippen molar-refractivity contribution in [2.45, 2.75) is 29.7 Å². The van der Waals surface area contributed by atoms with Crippen LogP contribution in [-0.2, 0) is 11.2 Å². The van der Waals surface area contributed by atoms with Crippen molar-refractivity contribution in [2.75, 3.05) is 18.4 Å². The lowest BCUT2D eigenvalue weighted by Crippen LogP contribution is -2.47. The third-order valence-electron chi connectivity index (χ3n) is 4.66. The van der Waals surface area contributed by atoms with E-state index in [0.717, 1.165) is 11.5 Å². The Hall–Kier alpha value is -2.22. The number of hydrogen-bond donors (Lipinski definition) is 1. The van der Waals surface area contributed by atoms with E-state index in [9.17, 15) is 9.35 Å². The highest BCUT2D eigenvalue weighted by Crippen LogP contribution is 2.39. The molecule has 1 N–H and O–H groups in total. The molecule has 142 valence electrons. The number of urea groups is 1. The SMILES string of the molecule is CC(F)(C1CCN(C(=O)Nc2cnns2)CC1)[S+]([O-])c1ccc(C#N)cc1. The van der Waals surface area contributed by atoms with Crippen molar-refractivity contribution in [2.24, 2.45) is 5.92 Å². The summed E-state index contributed by atoms with van der Waals surface area (Å²) in [5, 5.41) is 13.8. The molecular weight excluding hydrogens is 389 g/mol. The number of anilines is 1. The van der Waals surface area contributed by atoms with Gasteiger partial charge in [-0.05, 0) is 37.1 Å². The summed E-state index contributed by atoms with van der Waals surface area (Å²) in [6.45, 7) is 2.12. The molecule has 0 radical (unpaired) electrons. The number of carbonyl (C=O) groups excluding carboxylic acids is 1. The van der Waals surface area contributed by atoms with Crippen LogP contribution in [0.5, 0.6) is 0 Å². The van der Waals surface area contributed by atoms with Crippen molar-refractivity contribution < 1.29 is 13.7 Å². The number of aromatic nitrogens is 2. The van der Waals surface area contributed by atoms with Crippen molar-refractivity contribution >= 4 is 33.7 Å². The molecule has 1 aliphatic heterocycles. The fraction of sp³-hybridized carbons (Fsp3) is 0.412. The van der Waals surface area contributed by atoms with E-state index in [1.165, 1.54) is 37.4 Å². The van der Waals surface area contributed by atoms with E-state index in [2.05, 4.69) is 14.9 Å². The lowest BCUT2D eigenvalue weighted by molar-refractivity contribution is 0.117. The van der Waals surface area contributed by atoms with Crippen LogP contribution in [-0.4, -0.2) is 43.2 Å². The number of rotatable bonds is 4. The van der Waals surface area contributed by atoms with Crippen molar-refractivity contribution in [3.8, 4) is 6.07 Å². The average molecular weight is 407 g/mol. The number of nitrogens with one attached hydrogen (secondary N) is 1. The quantitative estimate of drug-likeness (QED) is 0.784. The number of piperidine rings is 1. The van der Waals surface area contributed by atoms with Crippen LogP contribution in [0.25, 0.3) is 0 Å². The molecule has 0 bridgehead atoms. The minimum absolute atomic E-state index is 0.270. The van der Waals surface area contributed by atoms with Gasteiger partial charge in [-0.25, -0.2) is 4.79 Å². The molecule has 2 unspecified atom stereocenters. The number of alkyl halides is 1. The molecule has 10 heteroatoms. The van der Waals surface area contributed by atoms with Crippen molar-refractivity contribution in [3.63, 3.8) is 0 Å². The molecule has 2 atom stereocenters. The predicted molar refractivity (Wildman–Crippen MR) is 100 cm³/mol. The Morgan fingerprint density at radius 3 is 2.67 bits per heavy atom. The summed E-state index contributed by atoms with van der Waals surface area (Å²) in [5.74, 6) is -0.428. The maximum atomic E-state index is 15.4. The normalized spacial score (nSPS) is 18.4. The maximum Gasteiger partial charge on any atom is 0.322 e. The summed E-state index contributed by atoms with van der Waals surface area (Å²) in [6.07, 6.45) is 2.31. The van der Waals surface area contributed by atoms with E-state index in [1.807, 2.05) is 6.07 Å². The Bertz CT molecular complexity index is 815. The van der Waals surface area contributed by atoms with Gasteiger partial charge in [0.25, 0.3) is 5.00 Å². The van der Waals surface area contributed by atoms with Gasteiger partial charge in [-0.15, -0.1) is 5.10 Å². The highest BCUT2D eigenvalue weighted by Gasteiger charge is 2.48. The fourth-order valence-corrected chi connectivity index (χ4v) is 4.83. The summed E-state index contributed by atoms with van der Waals surface area (Å²) in [5.41, 5.74) is 0.437. The number of likely N-dealkylation sites (tertiary alicyclic amines) is 1. The predicted octanol–water partition coefficient (Wildman–Crippen LogP) is 3.15. The van der Waals surface area contributed by atoms with Crippen LogP contribution in [0.15, 0.2) is 35.4 Å². The lowest BCUT2D eigenvalue weighted by Gasteiger charge is -2.37. The zero-order valence-electron chi connectivity index (χ0n) is 14.6. The molecule has 1 fully saturated rings. The maximum absolute atomic E-state index is 15.4. The largest absolute Gasteiger partial charge is 0.609 e. The smallest absolute Gasteiger partial charge is 0.322 e. The highest BCUT2D eigenvalue weighted by atomic mass is 32.2. The van der Waals surface area contributed by atoms with Crippen molar-refractivity contribution in [3.05, 3.63) is 36.0 Å². The van der Waals surface area contributed by atoms with Gasteiger partial charge in [0.05, 0.1) is 17.8 Å². The van der Waals surface area contributed by atoms with Gasteiger partial charge in [-0.3, -0.25) is 5.32 Å². The molecule has 0 saturated carbocycles. The fourth-order valence-electron chi connectivity index (χ4n) is 3.04. The second kappa shape index (κ2) is 8.21. The van der Waals surface area contributed by atoms with Gasteiger partial charge in [-0.1, -0.05) is 4.49 Å². The topological polar surface area (TPSA) is 105 Å². The number of halogens is 1. The summed E-state index contributed by atoms with van der Waals surface area (Å²) in [4.78, 5) is 14.2. The highest BCUT2D eigenvalue weighted by molar-refractivity contribution is 7.92. The van der Waals surface area contributed by atoms with Crippen LogP contribution < -0.4 is 5.32 Å². The van der Waals surface area contributed by atoms with Crippen LogP contribution in [0, 0.1) is 17.2 Å². The van der Waals surface area contributed by atoms with Crippen LogP contribution in [0.4, 0.5) is 14.2 Å². The number of amides is 2. The Morgan fingerprint density at radius 1 is 1.44 bits per heavy atom. The number of nitrogens with zero attached hydrogens (tertiary/aromatic N) is 4. The first-order chi connectivity index (χ1) is 12.9. The molecule has 1 aliphatic rings. The summed E-state index contributed by atoms with van der Waals surface area (Å²) in [7, 11) is 0. The standard InChI is InChI=1S/C17H18FN5O2S2/c1-17(18,27(25)14-4-2-12(10-19)3-5-14)13-6-8-23(9-7-13)16(24)21-15-11-20-22-26-15/h2-5,11,13H,6-9H2,1H3,(H,21,24). The Morgan fingerprint density at radius 2 is 2.11 bits per heavy atom. The summed E-state index contributed by atoms with van der Waals surface area (Å²) in [6, 6.07) is 7.83. The molecule has 1 aromatic carbocycles. The average Bonchev–Trinajstić information content (AvgIpc) is 3.20. The third kappa shape index (κ3) is 4.37. The molecule has 0 aliphatic carbocycles. The van der Waals surface area contributed by atoms with Gasteiger partial charge in [0, 0.05) is 48.6 Å². The zero-order chi connectivity index (χ0) is 19.4. The number of benzene rings is 1. The first-order valence-corrected chi connectivity index (χ1v) is 10.3. The Labute approximate surface area is 163 Å². The first kappa shape index (κ1) is 19.5. The van der Waals surface area contributed by atoms with E-state index in [-0.39, 0.29) is 6.03 Å². The third-order valence-corrected chi connectivity index (χ3v) is 7.00. The van der Waals surface area contributed by atoms with E-state index in [0.29, 0.717) is 41.4 Å². The minimum atomic E-state index is -1.92.